The molecule has 4 nitrogen and oxygen atoms in total. The van der Waals surface area contributed by atoms with E-state index < -0.39 is 6.10 Å². The fourth-order valence-corrected chi connectivity index (χ4v) is 1.41. The van der Waals surface area contributed by atoms with Crippen molar-refractivity contribution in [3.63, 3.8) is 0 Å². The molecular weight excluding hydrogens is 194 g/mol. The number of methoxy groups -OCH3 is 2. The van der Waals surface area contributed by atoms with Gasteiger partial charge in [-0.3, -0.25) is 0 Å². The fraction of sp³-hybridized carbons (Fsp3) is 0.455. The lowest BCUT2D eigenvalue weighted by Gasteiger charge is -2.13. The van der Waals surface area contributed by atoms with E-state index in [2.05, 4.69) is 0 Å². The number of rotatable bonds is 5. The molecule has 1 unspecified atom stereocenters. The van der Waals surface area contributed by atoms with Gasteiger partial charge in [0.15, 0.2) is 0 Å². The van der Waals surface area contributed by atoms with Gasteiger partial charge >= 0.3 is 0 Å². The Morgan fingerprint density at radius 2 is 2.13 bits per heavy atom. The van der Waals surface area contributed by atoms with E-state index in [0.717, 1.165) is 16.9 Å². The van der Waals surface area contributed by atoms with Gasteiger partial charge in [0.25, 0.3) is 0 Å². The SMILES string of the molecule is COCc1cc(C(O)CN)ccc1OC. The monoisotopic (exact) mass is 211 g/mol. The first kappa shape index (κ1) is 12.0. The van der Waals surface area contributed by atoms with Crippen molar-refractivity contribution < 1.29 is 14.6 Å². The van der Waals surface area contributed by atoms with Crippen molar-refractivity contribution in [1.82, 2.24) is 0 Å². The van der Waals surface area contributed by atoms with Crippen LogP contribution in [0.25, 0.3) is 0 Å². The molecule has 1 aromatic carbocycles. The van der Waals surface area contributed by atoms with Gasteiger partial charge in [0, 0.05) is 19.2 Å². The molecule has 0 saturated carbocycles. The normalized spacial score (nSPS) is 12.5. The molecule has 0 radical (unpaired) electrons. The molecule has 1 rings (SSSR count). The predicted molar refractivity (Wildman–Crippen MR) is 57.7 cm³/mol. The van der Waals surface area contributed by atoms with Crippen molar-refractivity contribution >= 4 is 0 Å². The lowest BCUT2D eigenvalue weighted by molar-refractivity contribution is 0.177. The summed E-state index contributed by atoms with van der Waals surface area (Å²) in [5.41, 5.74) is 7.08. The molecule has 0 aliphatic carbocycles. The second-order valence-electron chi connectivity index (χ2n) is 3.26. The maximum atomic E-state index is 9.58. The van der Waals surface area contributed by atoms with E-state index in [-0.39, 0.29) is 6.54 Å². The first-order valence-electron chi connectivity index (χ1n) is 4.76. The highest BCUT2D eigenvalue weighted by Crippen LogP contribution is 2.23. The summed E-state index contributed by atoms with van der Waals surface area (Å²) in [6, 6.07) is 5.46. The quantitative estimate of drug-likeness (QED) is 0.757. The topological polar surface area (TPSA) is 64.7 Å². The van der Waals surface area contributed by atoms with Crippen molar-refractivity contribution in [2.24, 2.45) is 5.73 Å². The van der Waals surface area contributed by atoms with Crippen LogP contribution in [-0.4, -0.2) is 25.9 Å². The van der Waals surface area contributed by atoms with Gasteiger partial charge in [0.2, 0.25) is 0 Å². The Bertz CT molecular complexity index is 315. The zero-order chi connectivity index (χ0) is 11.3. The van der Waals surface area contributed by atoms with E-state index in [1.165, 1.54) is 0 Å². The van der Waals surface area contributed by atoms with Crippen LogP contribution in [0.3, 0.4) is 0 Å². The van der Waals surface area contributed by atoms with Crippen LogP contribution in [-0.2, 0) is 11.3 Å². The first-order chi connectivity index (χ1) is 7.22. The molecule has 0 aliphatic heterocycles. The Morgan fingerprint density at radius 1 is 1.40 bits per heavy atom. The van der Waals surface area contributed by atoms with Crippen LogP contribution in [0.15, 0.2) is 18.2 Å². The van der Waals surface area contributed by atoms with Crippen LogP contribution in [0, 0.1) is 0 Å². The van der Waals surface area contributed by atoms with E-state index in [1.54, 1.807) is 20.3 Å². The number of aliphatic hydroxyl groups is 1. The molecule has 15 heavy (non-hydrogen) atoms. The van der Waals surface area contributed by atoms with Crippen LogP contribution in [0.5, 0.6) is 5.75 Å². The highest BCUT2D eigenvalue weighted by Gasteiger charge is 2.09. The summed E-state index contributed by atoms with van der Waals surface area (Å²) in [5.74, 6) is 0.754. The van der Waals surface area contributed by atoms with Crippen molar-refractivity contribution in [2.75, 3.05) is 20.8 Å². The third-order valence-corrected chi connectivity index (χ3v) is 2.21. The van der Waals surface area contributed by atoms with E-state index in [1.807, 2.05) is 12.1 Å². The zero-order valence-electron chi connectivity index (χ0n) is 9.06. The Balaban J connectivity index is 2.98. The average Bonchev–Trinajstić information content (AvgIpc) is 2.28. The summed E-state index contributed by atoms with van der Waals surface area (Å²) in [7, 11) is 3.22. The summed E-state index contributed by atoms with van der Waals surface area (Å²) < 4.78 is 10.2. The molecule has 1 atom stereocenters. The number of nitrogens with two attached hydrogens (primary N) is 1. The Hall–Kier alpha value is -1.10. The van der Waals surface area contributed by atoms with Crippen LogP contribution >= 0.6 is 0 Å². The van der Waals surface area contributed by atoms with Crippen LogP contribution in [0.4, 0.5) is 0 Å². The smallest absolute Gasteiger partial charge is 0.124 e. The number of hydrogen-bond acceptors (Lipinski definition) is 4. The molecule has 0 aliphatic rings. The number of benzene rings is 1. The number of aliphatic hydroxyl groups excluding tert-OH is 1. The summed E-state index contributed by atoms with van der Waals surface area (Å²) in [6.45, 7) is 0.660. The second kappa shape index (κ2) is 5.70. The molecule has 1 aromatic rings. The minimum Gasteiger partial charge on any atom is -0.496 e. The van der Waals surface area contributed by atoms with Gasteiger partial charge in [0.05, 0.1) is 19.8 Å². The molecular formula is C11H17NO3. The second-order valence-corrected chi connectivity index (χ2v) is 3.26. The van der Waals surface area contributed by atoms with Crippen molar-refractivity contribution in [2.45, 2.75) is 12.7 Å². The zero-order valence-corrected chi connectivity index (χ0v) is 9.06. The summed E-state index contributed by atoms with van der Waals surface area (Å²) in [6.07, 6.45) is -0.633. The summed E-state index contributed by atoms with van der Waals surface area (Å²) in [5, 5.41) is 9.58. The van der Waals surface area contributed by atoms with Crippen molar-refractivity contribution in [3.05, 3.63) is 29.3 Å². The predicted octanol–water partition coefficient (Wildman–Crippen LogP) is 0.834. The van der Waals surface area contributed by atoms with Gasteiger partial charge in [-0.2, -0.15) is 0 Å². The fourth-order valence-electron chi connectivity index (χ4n) is 1.41. The van der Waals surface area contributed by atoms with Gasteiger partial charge < -0.3 is 20.3 Å². The molecule has 84 valence electrons. The van der Waals surface area contributed by atoms with E-state index in [0.29, 0.717) is 6.61 Å². The summed E-state index contributed by atoms with van der Waals surface area (Å²) in [4.78, 5) is 0. The van der Waals surface area contributed by atoms with Gasteiger partial charge in [-0.05, 0) is 17.7 Å². The molecule has 0 heterocycles. The Morgan fingerprint density at radius 3 is 2.67 bits per heavy atom. The molecule has 3 N–H and O–H groups in total. The maximum absolute atomic E-state index is 9.58. The van der Waals surface area contributed by atoms with Crippen LogP contribution in [0.1, 0.15) is 17.2 Å². The number of hydrogen-bond donors (Lipinski definition) is 2. The highest BCUT2D eigenvalue weighted by atomic mass is 16.5. The first-order valence-corrected chi connectivity index (χ1v) is 4.76. The molecule has 0 bridgehead atoms. The molecule has 0 amide bonds. The van der Waals surface area contributed by atoms with E-state index in [4.69, 9.17) is 15.2 Å². The van der Waals surface area contributed by atoms with Gasteiger partial charge in [-0.15, -0.1) is 0 Å². The standard InChI is InChI=1S/C11H17NO3/c1-14-7-9-5-8(10(13)6-12)3-4-11(9)15-2/h3-5,10,13H,6-7,12H2,1-2H3. The highest BCUT2D eigenvalue weighted by molar-refractivity contribution is 5.37. The Labute approximate surface area is 89.6 Å². The van der Waals surface area contributed by atoms with Gasteiger partial charge in [0.1, 0.15) is 5.75 Å². The molecule has 0 fully saturated rings. The van der Waals surface area contributed by atoms with Crippen LogP contribution < -0.4 is 10.5 Å². The van der Waals surface area contributed by atoms with Crippen molar-refractivity contribution in [3.8, 4) is 5.75 Å². The largest absolute Gasteiger partial charge is 0.496 e. The third-order valence-electron chi connectivity index (χ3n) is 2.21. The third kappa shape index (κ3) is 2.92. The van der Waals surface area contributed by atoms with Gasteiger partial charge in [-0.1, -0.05) is 6.07 Å². The average molecular weight is 211 g/mol. The van der Waals surface area contributed by atoms with Crippen molar-refractivity contribution in [1.29, 1.82) is 0 Å². The maximum Gasteiger partial charge on any atom is 0.124 e. The number of ether oxygens (including phenoxy) is 2. The molecule has 4 heteroatoms. The van der Waals surface area contributed by atoms with E-state index >= 15 is 0 Å². The summed E-state index contributed by atoms with van der Waals surface area (Å²) >= 11 is 0. The molecule has 0 saturated heterocycles. The minimum atomic E-state index is -0.633. The Kier molecular flexibility index (Phi) is 4.55. The van der Waals surface area contributed by atoms with E-state index in [9.17, 15) is 5.11 Å². The van der Waals surface area contributed by atoms with Crippen LogP contribution in [0.2, 0.25) is 0 Å². The molecule has 0 spiro atoms. The molecule has 0 aromatic heterocycles. The lowest BCUT2D eigenvalue weighted by atomic mass is 10.1. The lowest BCUT2D eigenvalue weighted by Crippen LogP contribution is -2.12. The van der Waals surface area contributed by atoms with Gasteiger partial charge in [-0.25, -0.2) is 0 Å². The minimum absolute atomic E-state index is 0.207.